The molecule has 0 aliphatic heterocycles. The van der Waals surface area contributed by atoms with E-state index in [0.717, 1.165) is 19.4 Å². The molecular weight excluding hydrogens is 244 g/mol. The van der Waals surface area contributed by atoms with E-state index >= 15 is 0 Å². The minimum atomic E-state index is -0.953. The average molecular weight is 268 g/mol. The molecule has 5 nitrogen and oxygen atoms in total. The summed E-state index contributed by atoms with van der Waals surface area (Å²) in [6.07, 6.45) is 4.52. The van der Waals surface area contributed by atoms with E-state index in [4.69, 9.17) is 5.11 Å². The molecule has 2 aliphatic rings. The van der Waals surface area contributed by atoms with Crippen molar-refractivity contribution in [2.45, 2.75) is 58.0 Å². The smallest absolute Gasteiger partial charge is 0.323 e. The molecule has 0 spiro atoms. The van der Waals surface area contributed by atoms with Crippen LogP contribution in [-0.2, 0) is 4.79 Å². The van der Waals surface area contributed by atoms with Crippen LogP contribution in [0.1, 0.15) is 46.5 Å². The Balaban J connectivity index is 2.08. The van der Waals surface area contributed by atoms with Crippen molar-refractivity contribution in [3.63, 3.8) is 0 Å². The van der Waals surface area contributed by atoms with Crippen molar-refractivity contribution >= 4 is 12.0 Å². The number of rotatable bonds is 5. The van der Waals surface area contributed by atoms with E-state index in [9.17, 15) is 9.59 Å². The van der Waals surface area contributed by atoms with Gasteiger partial charge in [0.15, 0.2) is 0 Å². The molecular formula is C14H24N2O3. The highest BCUT2D eigenvalue weighted by Crippen LogP contribution is 2.36. The van der Waals surface area contributed by atoms with E-state index in [1.165, 1.54) is 17.7 Å². The summed E-state index contributed by atoms with van der Waals surface area (Å²) in [7, 11) is 0. The van der Waals surface area contributed by atoms with Gasteiger partial charge in [-0.2, -0.15) is 0 Å². The summed E-state index contributed by atoms with van der Waals surface area (Å²) in [5.74, 6) is -0.318. The van der Waals surface area contributed by atoms with Crippen LogP contribution in [-0.4, -0.2) is 51.6 Å². The lowest BCUT2D eigenvalue weighted by Gasteiger charge is -2.38. The number of nitrogens with zero attached hydrogens (tertiary/aromatic N) is 2. The van der Waals surface area contributed by atoms with Gasteiger partial charge >= 0.3 is 12.0 Å². The van der Waals surface area contributed by atoms with Crippen LogP contribution < -0.4 is 0 Å². The molecule has 2 saturated carbocycles. The highest BCUT2D eigenvalue weighted by Gasteiger charge is 2.41. The van der Waals surface area contributed by atoms with Gasteiger partial charge in [0, 0.05) is 18.1 Å². The number of amides is 2. The molecule has 108 valence electrons. The van der Waals surface area contributed by atoms with Crippen molar-refractivity contribution in [3.8, 4) is 0 Å². The van der Waals surface area contributed by atoms with Gasteiger partial charge in [0.25, 0.3) is 0 Å². The maximum atomic E-state index is 12.7. The van der Waals surface area contributed by atoms with Crippen molar-refractivity contribution in [2.24, 2.45) is 5.92 Å². The van der Waals surface area contributed by atoms with E-state index in [1.54, 1.807) is 0 Å². The van der Waals surface area contributed by atoms with E-state index in [1.807, 2.05) is 25.7 Å². The standard InChI is InChI=1S/C14H24N2O3/c1-14(2,3)16(9-12(17)18)13(19)15(11-6-7-11)8-10-4-5-10/h10-11H,4-9H2,1-3H3,(H,17,18). The van der Waals surface area contributed by atoms with Crippen LogP contribution in [0.25, 0.3) is 0 Å². The van der Waals surface area contributed by atoms with Crippen LogP contribution in [0.2, 0.25) is 0 Å². The van der Waals surface area contributed by atoms with Crippen molar-refractivity contribution in [1.82, 2.24) is 9.80 Å². The number of carboxylic acids is 1. The molecule has 2 aliphatic carbocycles. The van der Waals surface area contributed by atoms with E-state index in [-0.39, 0.29) is 12.6 Å². The zero-order valence-electron chi connectivity index (χ0n) is 12.1. The third kappa shape index (κ3) is 3.85. The highest BCUT2D eigenvalue weighted by atomic mass is 16.4. The first-order valence-corrected chi connectivity index (χ1v) is 7.09. The predicted octanol–water partition coefficient (Wildman–Crippen LogP) is 2.17. The third-order valence-corrected chi connectivity index (χ3v) is 3.72. The number of carboxylic acid groups (broad SMARTS) is 1. The molecule has 0 aromatic heterocycles. The topological polar surface area (TPSA) is 60.9 Å². The fourth-order valence-electron chi connectivity index (χ4n) is 2.23. The monoisotopic (exact) mass is 268 g/mol. The van der Waals surface area contributed by atoms with Crippen molar-refractivity contribution < 1.29 is 14.7 Å². The molecule has 0 heterocycles. The third-order valence-electron chi connectivity index (χ3n) is 3.72. The van der Waals surface area contributed by atoms with Gasteiger partial charge in [-0.1, -0.05) is 0 Å². The first-order valence-electron chi connectivity index (χ1n) is 7.09. The number of hydrogen-bond acceptors (Lipinski definition) is 2. The molecule has 0 radical (unpaired) electrons. The van der Waals surface area contributed by atoms with Crippen LogP contribution in [0.15, 0.2) is 0 Å². The largest absolute Gasteiger partial charge is 0.480 e. The Kier molecular flexibility index (Phi) is 3.74. The Bertz CT molecular complexity index is 367. The zero-order chi connectivity index (χ0) is 14.2. The Morgan fingerprint density at radius 2 is 1.74 bits per heavy atom. The summed E-state index contributed by atoms with van der Waals surface area (Å²) in [4.78, 5) is 27.0. The summed E-state index contributed by atoms with van der Waals surface area (Å²) in [6.45, 7) is 6.23. The quantitative estimate of drug-likeness (QED) is 0.831. The van der Waals surface area contributed by atoms with Crippen LogP contribution in [0.3, 0.4) is 0 Å². The average Bonchev–Trinajstić information content (AvgIpc) is 3.12. The molecule has 2 fully saturated rings. The van der Waals surface area contributed by atoms with Crippen LogP contribution in [0.5, 0.6) is 0 Å². The molecule has 2 rings (SSSR count). The van der Waals surface area contributed by atoms with Crippen molar-refractivity contribution in [1.29, 1.82) is 0 Å². The number of carbonyl (C=O) groups is 2. The van der Waals surface area contributed by atoms with Gasteiger partial charge in [-0.05, 0) is 52.4 Å². The molecule has 0 atom stereocenters. The lowest BCUT2D eigenvalue weighted by Crippen LogP contribution is -2.54. The highest BCUT2D eigenvalue weighted by molar-refractivity contribution is 5.81. The molecule has 0 aromatic carbocycles. The van der Waals surface area contributed by atoms with Gasteiger partial charge in [-0.25, -0.2) is 4.79 Å². The van der Waals surface area contributed by atoms with Gasteiger partial charge in [-0.3, -0.25) is 4.79 Å². The molecule has 0 saturated heterocycles. The zero-order valence-corrected chi connectivity index (χ0v) is 12.1. The van der Waals surface area contributed by atoms with Crippen molar-refractivity contribution in [2.75, 3.05) is 13.1 Å². The second-order valence-electron chi connectivity index (χ2n) is 6.76. The predicted molar refractivity (Wildman–Crippen MR) is 71.9 cm³/mol. The summed E-state index contributed by atoms with van der Waals surface area (Å²) >= 11 is 0. The normalized spacial score (nSPS) is 19.1. The van der Waals surface area contributed by atoms with Gasteiger partial charge in [0.05, 0.1) is 0 Å². The van der Waals surface area contributed by atoms with E-state index in [0.29, 0.717) is 12.0 Å². The van der Waals surface area contributed by atoms with Gasteiger partial charge in [0.1, 0.15) is 6.54 Å². The number of carbonyl (C=O) groups excluding carboxylic acids is 1. The second kappa shape index (κ2) is 5.02. The maximum absolute atomic E-state index is 12.7. The molecule has 0 aromatic rings. The lowest BCUT2D eigenvalue weighted by molar-refractivity contribution is -0.138. The molecule has 5 heteroatoms. The number of aliphatic carboxylic acids is 1. The van der Waals surface area contributed by atoms with Gasteiger partial charge < -0.3 is 14.9 Å². The van der Waals surface area contributed by atoms with Crippen LogP contribution in [0, 0.1) is 5.92 Å². The first kappa shape index (κ1) is 14.2. The van der Waals surface area contributed by atoms with E-state index in [2.05, 4.69) is 0 Å². The number of urea groups is 1. The molecule has 0 unspecified atom stereocenters. The first-order chi connectivity index (χ1) is 8.79. The molecule has 0 bridgehead atoms. The minimum absolute atomic E-state index is 0.107. The summed E-state index contributed by atoms with van der Waals surface area (Å²) < 4.78 is 0. The van der Waals surface area contributed by atoms with E-state index < -0.39 is 11.5 Å². The fourth-order valence-corrected chi connectivity index (χ4v) is 2.23. The minimum Gasteiger partial charge on any atom is -0.480 e. The summed E-state index contributed by atoms with van der Waals surface area (Å²) in [5.41, 5.74) is -0.466. The second-order valence-corrected chi connectivity index (χ2v) is 6.76. The van der Waals surface area contributed by atoms with Crippen molar-refractivity contribution in [3.05, 3.63) is 0 Å². The van der Waals surface area contributed by atoms with Gasteiger partial charge in [0.2, 0.25) is 0 Å². The summed E-state index contributed by atoms with van der Waals surface area (Å²) in [6, 6.07) is 0.232. The van der Waals surface area contributed by atoms with Crippen LogP contribution >= 0.6 is 0 Å². The van der Waals surface area contributed by atoms with Gasteiger partial charge in [-0.15, -0.1) is 0 Å². The fraction of sp³-hybridized carbons (Fsp3) is 0.857. The maximum Gasteiger partial charge on any atom is 0.323 e. The lowest BCUT2D eigenvalue weighted by atomic mass is 10.1. The Hall–Kier alpha value is -1.26. The number of hydrogen-bond donors (Lipinski definition) is 1. The Morgan fingerprint density at radius 1 is 1.16 bits per heavy atom. The Morgan fingerprint density at radius 3 is 2.11 bits per heavy atom. The molecule has 1 N–H and O–H groups in total. The van der Waals surface area contributed by atoms with Crippen LogP contribution in [0.4, 0.5) is 4.79 Å². The molecule has 2 amide bonds. The SMILES string of the molecule is CC(C)(C)N(CC(=O)O)C(=O)N(CC1CC1)C1CC1. The molecule has 19 heavy (non-hydrogen) atoms. The summed E-state index contributed by atoms with van der Waals surface area (Å²) in [5, 5.41) is 9.01. The Labute approximate surface area is 114 Å².